The first-order valence-corrected chi connectivity index (χ1v) is 9.03. The van der Waals surface area contributed by atoms with Gasteiger partial charge in [-0.15, -0.1) is 0 Å². The van der Waals surface area contributed by atoms with Gasteiger partial charge in [-0.25, -0.2) is 0 Å². The Kier molecular flexibility index (Phi) is 5.47. The molecule has 2 aromatic rings. The molecule has 3 rings (SSSR count). The number of anilines is 3. The molecule has 1 aliphatic carbocycles. The normalized spacial score (nSPS) is 13.2. The summed E-state index contributed by atoms with van der Waals surface area (Å²) in [6, 6.07) is 11.0. The Morgan fingerprint density at radius 1 is 0.962 bits per heavy atom. The van der Waals surface area contributed by atoms with Gasteiger partial charge in [0.15, 0.2) is 0 Å². The average molecular weight is 372 g/mol. The average Bonchev–Trinajstić information content (AvgIpc) is 3.45. The van der Waals surface area contributed by atoms with Gasteiger partial charge in [-0.3, -0.25) is 9.59 Å². The number of nitrogens with one attached hydrogen (secondary N) is 3. The van der Waals surface area contributed by atoms with Crippen molar-refractivity contribution in [3.8, 4) is 0 Å². The van der Waals surface area contributed by atoms with Crippen LogP contribution in [0.4, 0.5) is 17.1 Å². The third-order valence-electron chi connectivity index (χ3n) is 4.52. The Labute approximate surface area is 158 Å². The maximum absolute atomic E-state index is 12.3. The van der Waals surface area contributed by atoms with E-state index < -0.39 is 0 Å². The first-order chi connectivity index (χ1) is 12.5. The predicted octanol–water partition coefficient (Wildman–Crippen LogP) is 4.36. The quantitative estimate of drug-likeness (QED) is 0.706. The summed E-state index contributed by atoms with van der Waals surface area (Å²) in [4.78, 5) is 24.3. The van der Waals surface area contributed by atoms with Crippen LogP contribution in [0.5, 0.6) is 0 Å². The van der Waals surface area contributed by atoms with Crippen molar-refractivity contribution in [3.05, 3.63) is 52.5 Å². The van der Waals surface area contributed by atoms with Crippen molar-refractivity contribution in [2.45, 2.75) is 26.7 Å². The lowest BCUT2D eigenvalue weighted by atomic mass is 10.1. The summed E-state index contributed by atoms with van der Waals surface area (Å²) in [5.74, 6) is 0.0191. The van der Waals surface area contributed by atoms with E-state index in [1.807, 2.05) is 50.2 Å². The summed E-state index contributed by atoms with van der Waals surface area (Å²) < 4.78 is 0. The molecule has 1 fully saturated rings. The van der Waals surface area contributed by atoms with Gasteiger partial charge in [-0.05, 0) is 62.1 Å². The van der Waals surface area contributed by atoms with Crippen molar-refractivity contribution in [1.29, 1.82) is 0 Å². The number of benzene rings is 2. The highest BCUT2D eigenvalue weighted by Crippen LogP contribution is 2.31. The summed E-state index contributed by atoms with van der Waals surface area (Å²) in [6.07, 6.45) is 1.91. The van der Waals surface area contributed by atoms with Crippen molar-refractivity contribution >= 4 is 40.5 Å². The predicted molar refractivity (Wildman–Crippen MR) is 106 cm³/mol. The van der Waals surface area contributed by atoms with Crippen molar-refractivity contribution in [2.75, 3.05) is 22.5 Å². The molecule has 0 aromatic heterocycles. The summed E-state index contributed by atoms with van der Waals surface area (Å²) in [6.45, 7) is 3.91. The van der Waals surface area contributed by atoms with Crippen LogP contribution in [0.1, 0.15) is 24.0 Å². The zero-order valence-electron chi connectivity index (χ0n) is 14.9. The van der Waals surface area contributed by atoms with E-state index >= 15 is 0 Å². The van der Waals surface area contributed by atoms with E-state index in [9.17, 15) is 9.59 Å². The maximum atomic E-state index is 12.3. The largest absolute Gasteiger partial charge is 0.376 e. The molecule has 1 saturated carbocycles. The monoisotopic (exact) mass is 371 g/mol. The number of amides is 2. The zero-order valence-corrected chi connectivity index (χ0v) is 15.6. The number of carbonyl (C=O) groups is 2. The van der Waals surface area contributed by atoms with Crippen molar-refractivity contribution < 1.29 is 9.59 Å². The second-order valence-corrected chi connectivity index (χ2v) is 6.96. The molecule has 0 atom stereocenters. The molecule has 6 heteroatoms. The van der Waals surface area contributed by atoms with Gasteiger partial charge >= 0.3 is 0 Å². The molecule has 0 unspecified atom stereocenters. The number of halogens is 1. The molecule has 0 heterocycles. The summed E-state index contributed by atoms with van der Waals surface area (Å²) in [7, 11) is 0. The molecule has 0 aliphatic heterocycles. The van der Waals surface area contributed by atoms with Crippen molar-refractivity contribution in [2.24, 2.45) is 5.92 Å². The first kappa shape index (κ1) is 18.3. The molecule has 0 saturated heterocycles. The van der Waals surface area contributed by atoms with E-state index in [4.69, 9.17) is 11.6 Å². The third kappa shape index (κ3) is 4.35. The van der Waals surface area contributed by atoms with Gasteiger partial charge in [0.25, 0.3) is 0 Å². The zero-order chi connectivity index (χ0) is 18.7. The number of hydrogen-bond acceptors (Lipinski definition) is 3. The lowest BCUT2D eigenvalue weighted by molar-refractivity contribution is -0.117. The molecule has 0 radical (unpaired) electrons. The van der Waals surface area contributed by atoms with Gasteiger partial charge in [-0.2, -0.15) is 0 Å². The topological polar surface area (TPSA) is 70.2 Å². The SMILES string of the molecule is Cc1c(Cl)cccc1NCC(=O)Nc1cccc(NC(=O)C2CC2)c1C. The maximum Gasteiger partial charge on any atom is 0.243 e. The van der Waals surface area contributed by atoms with Crippen LogP contribution in [0, 0.1) is 19.8 Å². The highest BCUT2D eigenvalue weighted by molar-refractivity contribution is 6.31. The van der Waals surface area contributed by atoms with Gasteiger partial charge in [-0.1, -0.05) is 23.7 Å². The smallest absolute Gasteiger partial charge is 0.243 e. The molecular weight excluding hydrogens is 350 g/mol. The van der Waals surface area contributed by atoms with Crippen LogP contribution < -0.4 is 16.0 Å². The lowest BCUT2D eigenvalue weighted by Gasteiger charge is -2.14. The van der Waals surface area contributed by atoms with E-state index in [2.05, 4.69) is 16.0 Å². The Bertz CT molecular complexity index is 847. The molecular formula is C20H22ClN3O2. The van der Waals surface area contributed by atoms with Gasteiger partial charge in [0.05, 0.1) is 6.54 Å². The van der Waals surface area contributed by atoms with E-state index in [1.165, 1.54) is 0 Å². The lowest BCUT2D eigenvalue weighted by Crippen LogP contribution is -2.23. The van der Waals surface area contributed by atoms with Gasteiger partial charge in [0.1, 0.15) is 0 Å². The molecule has 2 aromatic carbocycles. The standard InChI is InChI=1S/C20H22ClN3O2/c1-12-15(21)5-3-6-16(12)22-11-19(25)23-17-7-4-8-18(13(17)2)24-20(26)14-9-10-14/h3-8,14,22H,9-11H2,1-2H3,(H,23,25)(H,24,26). The Morgan fingerprint density at radius 3 is 2.27 bits per heavy atom. The molecule has 1 aliphatic rings. The molecule has 5 nitrogen and oxygen atoms in total. The van der Waals surface area contributed by atoms with Crippen LogP contribution in [0.3, 0.4) is 0 Å². The molecule has 2 amide bonds. The van der Waals surface area contributed by atoms with E-state index in [1.54, 1.807) is 0 Å². The van der Waals surface area contributed by atoms with Crippen LogP contribution in [0.25, 0.3) is 0 Å². The van der Waals surface area contributed by atoms with Crippen molar-refractivity contribution in [3.63, 3.8) is 0 Å². The van der Waals surface area contributed by atoms with Crippen LogP contribution in [-0.4, -0.2) is 18.4 Å². The van der Waals surface area contributed by atoms with Crippen LogP contribution >= 0.6 is 11.6 Å². The van der Waals surface area contributed by atoms with Crippen molar-refractivity contribution in [1.82, 2.24) is 0 Å². The Hall–Kier alpha value is -2.53. The molecule has 0 spiro atoms. The summed E-state index contributed by atoms with van der Waals surface area (Å²) in [5.41, 5.74) is 4.00. The number of hydrogen-bond donors (Lipinski definition) is 3. The molecule has 3 N–H and O–H groups in total. The van der Waals surface area contributed by atoms with Gasteiger partial charge in [0.2, 0.25) is 11.8 Å². The molecule has 0 bridgehead atoms. The highest BCUT2D eigenvalue weighted by Gasteiger charge is 2.29. The summed E-state index contributed by atoms with van der Waals surface area (Å²) >= 11 is 6.09. The second-order valence-electron chi connectivity index (χ2n) is 6.56. The van der Waals surface area contributed by atoms with Gasteiger partial charge in [0, 0.05) is 28.0 Å². The minimum Gasteiger partial charge on any atom is -0.376 e. The minimum atomic E-state index is -0.168. The number of carbonyl (C=O) groups excluding carboxylic acids is 2. The Morgan fingerprint density at radius 2 is 1.58 bits per heavy atom. The molecule has 136 valence electrons. The fourth-order valence-electron chi connectivity index (χ4n) is 2.66. The Balaban J connectivity index is 1.61. The second kappa shape index (κ2) is 7.79. The van der Waals surface area contributed by atoms with E-state index in [-0.39, 0.29) is 24.3 Å². The minimum absolute atomic E-state index is 0.0506. The number of rotatable bonds is 6. The summed E-state index contributed by atoms with van der Waals surface area (Å²) in [5, 5.41) is 9.58. The fraction of sp³-hybridized carbons (Fsp3) is 0.300. The van der Waals surface area contributed by atoms with E-state index in [0.29, 0.717) is 10.7 Å². The van der Waals surface area contributed by atoms with Crippen LogP contribution in [0.2, 0.25) is 5.02 Å². The van der Waals surface area contributed by atoms with Crippen LogP contribution in [0.15, 0.2) is 36.4 Å². The first-order valence-electron chi connectivity index (χ1n) is 8.65. The van der Waals surface area contributed by atoms with E-state index in [0.717, 1.165) is 35.3 Å². The fourth-order valence-corrected chi connectivity index (χ4v) is 2.83. The van der Waals surface area contributed by atoms with Crippen LogP contribution in [-0.2, 0) is 9.59 Å². The molecule has 26 heavy (non-hydrogen) atoms. The highest BCUT2D eigenvalue weighted by atomic mass is 35.5. The van der Waals surface area contributed by atoms with Gasteiger partial charge < -0.3 is 16.0 Å². The third-order valence-corrected chi connectivity index (χ3v) is 4.93.